The number of carboxylic acids is 1. The van der Waals surface area contributed by atoms with Crippen LogP contribution in [0.5, 0.6) is 5.75 Å². The van der Waals surface area contributed by atoms with Gasteiger partial charge in [0.15, 0.2) is 5.56 Å². The molecule has 7 nitrogen and oxygen atoms in total. The zero-order valence-corrected chi connectivity index (χ0v) is 17.5. The highest BCUT2D eigenvalue weighted by atomic mass is 16.4. The smallest absolute Gasteiger partial charge is 0.345 e. The van der Waals surface area contributed by atoms with Gasteiger partial charge in [0, 0.05) is 47.4 Å². The molecule has 0 spiro atoms. The average molecular weight is 409 g/mol. The summed E-state index contributed by atoms with van der Waals surface area (Å²) in [4.78, 5) is 26.5. The van der Waals surface area contributed by atoms with Crippen LogP contribution in [0.4, 0.5) is 0 Å². The van der Waals surface area contributed by atoms with E-state index < -0.39 is 22.8 Å². The van der Waals surface area contributed by atoms with Crippen LogP contribution in [0, 0.1) is 0 Å². The fourth-order valence-electron chi connectivity index (χ4n) is 4.27. The lowest BCUT2D eigenvalue weighted by Gasteiger charge is -2.13. The molecule has 0 saturated carbocycles. The SMILES string of the molecule is CCC(C)NCc1cc2cc3c(cc2n1C)CCCc1c-3[nH]c(=O)c(C(=O)O)c1O. The lowest BCUT2D eigenvalue weighted by atomic mass is 9.98. The standard InChI is InChI=1S/C23H27N3O4/c1-4-12(2)24-11-15-8-14-9-17-13(10-18(14)26(15)3)6-5-7-16-20(17)25-22(28)19(21(16)27)23(29)30/h8-10,12,24H,4-7,11H2,1-3H3,(H,29,30)(H2,25,27,28). The molecular formula is C23H27N3O4. The van der Waals surface area contributed by atoms with Gasteiger partial charge in [0.2, 0.25) is 0 Å². The first-order valence-corrected chi connectivity index (χ1v) is 10.4. The van der Waals surface area contributed by atoms with Crippen molar-refractivity contribution in [2.75, 3.05) is 0 Å². The third kappa shape index (κ3) is 3.29. The number of carboxylic acid groups (broad SMARTS) is 1. The summed E-state index contributed by atoms with van der Waals surface area (Å²) in [6, 6.07) is 6.76. The zero-order chi connectivity index (χ0) is 21.6. The van der Waals surface area contributed by atoms with Gasteiger partial charge >= 0.3 is 5.97 Å². The van der Waals surface area contributed by atoms with E-state index >= 15 is 0 Å². The molecular weight excluding hydrogens is 382 g/mol. The number of aryl methyl sites for hydroxylation is 2. The maximum absolute atomic E-state index is 12.4. The minimum Gasteiger partial charge on any atom is -0.506 e. The van der Waals surface area contributed by atoms with Gasteiger partial charge in [-0.2, -0.15) is 0 Å². The van der Waals surface area contributed by atoms with Crippen LogP contribution in [-0.4, -0.2) is 31.8 Å². The van der Waals surface area contributed by atoms with Crippen LogP contribution in [-0.2, 0) is 26.4 Å². The van der Waals surface area contributed by atoms with Crippen LogP contribution < -0.4 is 10.9 Å². The van der Waals surface area contributed by atoms with Crippen molar-refractivity contribution >= 4 is 16.9 Å². The molecule has 1 aliphatic rings. The average Bonchev–Trinajstić information content (AvgIpc) is 2.89. The number of pyridine rings is 1. The summed E-state index contributed by atoms with van der Waals surface area (Å²) in [6.45, 7) is 5.08. The lowest BCUT2D eigenvalue weighted by molar-refractivity contribution is 0.0691. The summed E-state index contributed by atoms with van der Waals surface area (Å²) in [6.07, 6.45) is 3.12. The topological polar surface area (TPSA) is 107 Å². The predicted molar refractivity (Wildman–Crippen MR) is 116 cm³/mol. The van der Waals surface area contributed by atoms with Gasteiger partial charge in [-0.15, -0.1) is 0 Å². The van der Waals surface area contributed by atoms with E-state index in [1.54, 1.807) is 0 Å². The maximum atomic E-state index is 12.4. The van der Waals surface area contributed by atoms with Crippen LogP contribution in [0.15, 0.2) is 23.0 Å². The number of benzene rings is 1. The highest BCUT2D eigenvalue weighted by Crippen LogP contribution is 2.38. The number of hydrogen-bond donors (Lipinski definition) is 4. The molecule has 4 N–H and O–H groups in total. The molecule has 1 unspecified atom stereocenters. The molecule has 30 heavy (non-hydrogen) atoms. The third-order valence-electron chi connectivity index (χ3n) is 6.26. The molecule has 3 aromatic rings. The second-order valence-electron chi connectivity index (χ2n) is 8.14. The molecule has 0 fully saturated rings. The molecule has 1 aromatic carbocycles. The number of aromatic amines is 1. The number of rotatable bonds is 5. The van der Waals surface area contributed by atoms with E-state index in [-0.39, 0.29) is 0 Å². The van der Waals surface area contributed by atoms with Crippen molar-refractivity contribution < 1.29 is 15.0 Å². The molecule has 7 heteroatoms. The summed E-state index contributed by atoms with van der Waals surface area (Å²) in [7, 11) is 2.06. The second kappa shape index (κ2) is 7.65. The van der Waals surface area contributed by atoms with Crippen molar-refractivity contribution in [3.63, 3.8) is 0 Å². The number of fused-ring (bicyclic) bond motifs is 4. The largest absolute Gasteiger partial charge is 0.506 e. The fraction of sp³-hybridized carbons (Fsp3) is 0.391. The fourth-order valence-corrected chi connectivity index (χ4v) is 4.27. The summed E-state index contributed by atoms with van der Waals surface area (Å²) in [5.74, 6) is -1.83. The van der Waals surface area contributed by atoms with E-state index in [2.05, 4.69) is 47.9 Å². The summed E-state index contributed by atoms with van der Waals surface area (Å²) >= 11 is 0. The zero-order valence-electron chi connectivity index (χ0n) is 17.5. The summed E-state index contributed by atoms with van der Waals surface area (Å²) < 4.78 is 2.19. The highest BCUT2D eigenvalue weighted by Gasteiger charge is 2.26. The number of carbonyl (C=O) groups is 1. The van der Waals surface area contributed by atoms with Crippen LogP contribution in [0.25, 0.3) is 22.2 Å². The molecule has 1 atom stereocenters. The summed E-state index contributed by atoms with van der Waals surface area (Å²) in [5.41, 5.74) is 3.89. The number of aromatic hydroxyl groups is 1. The number of H-pyrrole nitrogens is 1. The Balaban J connectivity index is 1.87. The quantitative estimate of drug-likeness (QED) is 0.517. The maximum Gasteiger partial charge on any atom is 0.345 e. The Morgan fingerprint density at radius 3 is 2.77 bits per heavy atom. The number of aromatic nitrogens is 2. The Bertz CT molecular complexity index is 1210. The molecule has 0 bridgehead atoms. The molecule has 0 aliphatic heterocycles. The van der Waals surface area contributed by atoms with E-state index in [0.29, 0.717) is 23.7 Å². The summed E-state index contributed by atoms with van der Waals surface area (Å²) in [5, 5.41) is 24.4. The number of hydrogen-bond acceptors (Lipinski definition) is 4. The van der Waals surface area contributed by atoms with Crippen molar-refractivity contribution in [2.45, 2.75) is 52.1 Å². The molecule has 2 heterocycles. The van der Waals surface area contributed by atoms with Crippen molar-refractivity contribution in [3.05, 3.63) is 50.9 Å². The van der Waals surface area contributed by atoms with Crippen LogP contribution in [0.3, 0.4) is 0 Å². The van der Waals surface area contributed by atoms with Gasteiger partial charge in [-0.1, -0.05) is 6.92 Å². The normalized spacial score (nSPS) is 14.2. The van der Waals surface area contributed by atoms with Crippen molar-refractivity contribution in [1.29, 1.82) is 0 Å². The first-order valence-electron chi connectivity index (χ1n) is 10.4. The van der Waals surface area contributed by atoms with E-state index in [1.807, 2.05) is 6.07 Å². The number of nitrogens with zero attached hydrogens (tertiary/aromatic N) is 1. The first-order chi connectivity index (χ1) is 14.3. The Morgan fingerprint density at radius 2 is 2.07 bits per heavy atom. The van der Waals surface area contributed by atoms with Gasteiger partial charge in [0.25, 0.3) is 5.56 Å². The van der Waals surface area contributed by atoms with E-state index in [4.69, 9.17) is 0 Å². The van der Waals surface area contributed by atoms with Gasteiger partial charge < -0.3 is 25.1 Å². The Labute approximate surface area is 174 Å². The number of aromatic carboxylic acids is 1. The molecule has 0 amide bonds. The van der Waals surface area contributed by atoms with Gasteiger partial charge in [-0.25, -0.2) is 4.79 Å². The Hall–Kier alpha value is -3.06. The van der Waals surface area contributed by atoms with Crippen LogP contribution in [0.1, 0.15) is 53.9 Å². The molecule has 158 valence electrons. The Morgan fingerprint density at radius 1 is 1.30 bits per heavy atom. The second-order valence-corrected chi connectivity index (χ2v) is 8.14. The third-order valence-corrected chi connectivity index (χ3v) is 6.26. The van der Waals surface area contributed by atoms with E-state index in [1.165, 1.54) is 5.69 Å². The first kappa shape index (κ1) is 20.2. The van der Waals surface area contributed by atoms with Crippen LogP contribution >= 0.6 is 0 Å². The van der Waals surface area contributed by atoms with E-state index in [0.717, 1.165) is 47.8 Å². The monoisotopic (exact) mass is 409 g/mol. The van der Waals surface area contributed by atoms with Crippen molar-refractivity contribution in [1.82, 2.24) is 14.9 Å². The highest BCUT2D eigenvalue weighted by molar-refractivity contribution is 5.93. The molecule has 1 aliphatic carbocycles. The molecule has 2 aromatic heterocycles. The van der Waals surface area contributed by atoms with Gasteiger partial charge in [-0.05, 0) is 56.4 Å². The minimum atomic E-state index is -1.42. The molecule has 4 rings (SSSR count). The lowest BCUT2D eigenvalue weighted by Crippen LogP contribution is -2.25. The predicted octanol–water partition coefficient (Wildman–Crippen LogP) is 3.31. The Kier molecular flexibility index (Phi) is 5.15. The van der Waals surface area contributed by atoms with Crippen molar-refractivity contribution in [3.8, 4) is 17.0 Å². The van der Waals surface area contributed by atoms with E-state index in [9.17, 15) is 19.8 Å². The van der Waals surface area contributed by atoms with Crippen LogP contribution in [0.2, 0.25) is 0 Å². The van der Waals surface area contributed by atoms with Gasteiger partial charge in [-0.3, -0.25) is 4.79 Å². The molecule has 0 radical (unpaired) electrons. The minimum absolute atomic E-state index is 0.416. The van der Waals surface area contributed by atoms with Crippen molar-refractivity contribution in [2.24, 2.45) is 7.05 Å². The number of nitrogens with one attached hydrogen (secondary N) is 2. The van der Waals surface area contributed by atoms with Gasteiger partial charge in [0.1, 0.15) is 5.75 Å². The molecule has 0 saturated heterocycles. The van der Waals surface area contributed by atoms with Gasteiger partial charge in [0.05, 0.1) is 5.69 Å².